The van der Waals surface area contributed by atoms with Crippen LogP contribution in [-0.2, 0) is 4.74 Å². The molecular weight excluding hydrogens is 200 g/mol. The quantitative estimate of drug-likeness (QED) is 0.487. The van der Waals surface area contributed by atoms with Gasteiger partial charge < -0.3 is 4.74 Å². The largest absolute Gasteiger partial charge is 0.504 e. The van der Waals surface area contributed by atoms with E-state index < -0.39 is 8.07 Å². The monoisotopic (exact) mass is 222 g/mol. The van der Waals surface area contributed by atoms with Gasteiger partial charge in [0.2, 0.25) is 0 Å². The highest BCUT2D eigenvalue weighted by atomic mass is 28.3. The summed E-state index contributed by atoms with van der Waals surface area (Å²) in [6, 6.07) is 0. The normalized spacial score (nSPS) is 26.5. The highest BCUT2D eigenvalue weighted by molar-refractivity contribution is 6.91. The molecule has 0 amide bonds. The zero-order valence-corrected chi connectivity index (χ0v) is 10.8. The van der Waals surface area contributed by atoms with E-state index in [0.29, 0.717) is 0 Å². The lowest BCUT2D eigenvalue weighted by molar-refractivity contribution is 0.250. The maximum absolute atomic E-state index is 5.88. The fourth-order valence-electron chi connectivity index (χ4n) is 3.67. The zero-order chi connectivity index (χ0) is 10.5. The average molecular weight is 222 g/mol. The van der Waals surface area contributed by atoms with Gasteiger partial charge in [-0.2, -0.15) is 0 Å². The van der Waals surface area contributed by atoms with Gasteiger partial charge in [0.25, 0.3) is 0 Å². The van der Waals surface area contributed by atoms with Gasteiger partial charge in [-0.15, -0.1) is 0 Å². The van der Waals surface area contributed by atoms with Gasteiger partial charge in [-0.1, -0.05) is 45.1 Å². The minimum Gasteiger partial charge on any atom is -0.504 e. The summed E-state index contributed by atoms with van der Waals surface area (Å²) >= 11 is 0. The molecule has 0 radical (unpaired) electrons. The van der Waals surface area contributed by atoms with Gasteiger partial charge in [0.15, 0.2) is 0 Å². The second kappa shape index (κ2) is 3.37. The topological polar surface area (TPSA) is 9.23 Å². The Morgan fingerprint density at radius 1 is 1.07 bits per heavy atom. The molecule has 0 aromatic carbocycles. The van der Waals surface area contributed by atoms with Gasteiger partial charge in [-0.25, -0.2) is 0 Å². The molecule has 2 heteroatoms. The van der Waals surface area contributed by atoms with Crippen LogP contribution in [0.15, 0.2) is 12.0 Å². The summed E-state index contributed by atoms with van der Waals surface area (Å²) in [6.07, 6.45) is 8.95. The standard InChI is InChI=1S/C13H22OSi/c1-3-14-10(2)15(11-4-5-11,12-6-7-12)13-8-9-13/h11-13H,2-9H2,1H3. The summed E-state index contributed by atoms with van der Waals surface area (Å²) in [6.45, 7) is 7.28. The summed E-state index contributed by atoms with van der Waals surface area (Å²) in [4.78, 5) is 0. The predicted octanol–water partition coefficient (Wildman–Crippen LogP) is 4.02. The van der Waals surface area contributed by atoms with Crippen molar-refractivity contribution in [2.75, 3.05) is 6.61 Å². The Balaban J connectivity index is 1.86. The van der Waals surface area contributed by atoms with Crippen LogP contribution < -0.4 is 0 Å². The fraction of sp³-hybridized carbons (Fsp3) is 0.846. The maximum Gasteiger partial charge on any atom is 0.139 e. The molecular formula is C13H22OSi. The Bertz CT molecular complexity index is 243. The minimum absolute atomic E-state index is 0.833. The number of hydrogen-bond donors (Lipinski definition) is 0. The van der Waals surface area contributed by atoms with Gasteiger partial charge >= 0.3 is 0 Å². The van der Waals surface area contributed by atoms with Crippen molar-refractivity contribution in [1.82, 2.24) is 0 Å². The van der Waals surface area contributed by atoms with E-state index >= 15 is 0 Å². The van der Waals surface area contributed by atoms with Gasteiger partial charge in [-0.05, 0) is 23.5 Å². The summed E-state index contributed by atoms with van der Waals surface area (Å²) in [5.41, 5.74) is 3.20. The number of rotatable bonds is 6. The van der Waals surface area contributed by atoms with Crippen molar-refractivity contribution in [1.29, 1.82) is 0 Å². The molecule has 1 nitrogen and oxygen atoms in total. The molecule has 3 aliphatic carbocycles. The first kappa shape index (κ1) is 9.95. The molecule has 84 valence electrons. The van der Waals surface area contributed by atoms with E-state index in [2.05, 4.69) is 13.5 Å². The maximum atomic E-state index is 5.88. The van der Waals surface area contributed by atoms with Crippen LogP contribution in [0.4, 0.5) is 0 Å². The lowest BCUT2D eigenvalue weighted by Gasteiger charge is -2.33. The van der Waals surface area contributed by atoms with Crippen molar-refractivity contribution >= 4 is 8.07 Å². The summed E-state index contributed by atoms with van der Waals surface area (Å²) < 4.78 is 5.88. The minimum atomic E-state index is -1.24. The first-order valence-electron chi connectivity index (χ1n) is 6.62. The fourth-order valence-corrected chi connectivity index (χ4v) is 10.8. The number of hydrogen-bond acceptors (Lipinski definition) is 1. The summed E-state index contributed by atoms with van der Waals surface area (Å²) in [5.74, 6) is 0. The molecule has 3 aliphatic rings. The Hall–Kier alpha value is -0.243. The smallest absolute Gasteiger partial charge is 0.139 e. The van der Waals surface area contributed by atoms with Crippen molar-refractivity contribution in [3.05, 3.63) is 12.0 Å². The summed E-state index contributed by atoms with van der Waals surface area (Å²) in [5, 5.41) is 1.29. The third-order valence-corrected chi connectivity index (χ3v) is 11.5. The lowest BCUT2D eigenvalue weighted by Crippen LogP contribution is -2.40. The van der Waals surface area contributed by atoms with Gasteiger partial charge in [-0.3, -0.25) is 0 Å². The molecule has 0 heterocycles. The first-order valence-corrected chi connectivity index (χ1v) is 8.85. The lowest BCUT2D eigenvalue weighted by atomic mass is 10.8. The Labute approximate surface area is 93.9 Å². The van der Waals surface area contributed by atoms with Crippen molar-refractivity contribution < 1.29 is 4.74 Å². The Morgan fingerprint density at radius 3 is 1.73 bits per heavy atom. The van der Waals surface area contributed by atoms with Crippen LogP contribution in [0, 0.1) is 0 Å². The van der Waals surface area contributed by atoms with Crippen LogP contribution in [-0.4, -0.2) is 14.7 Å². The van der Waals surface area contributed by atoms with E-state index in [-0.39, 0.29) is 0 Å². The number of ether oxygens (including phenoxy) is 1. The van der Waals surface area contributed by atoms with Crippen molar-refractivity contribution in [2.24, 2.45) is 0 Å². The molecule has 0 saturated heterocycles. The molecule has 3 saturated carbocycles. The molecule has 0 aliphatic heterocycles. The predicted molar refractivity (Wildman–Crippen MR) is 65.5 cm³/mol. The van der Waals surface area contributed by atoms with Crippen molar-refractivity contribution in [2.45, 2.75) is 62.1 Å². The molecule has 0 aromatic heterocycles. The van der Waals surface area contributed by atoms with E-state index in [9.17, 15) is 0 Å². The molecule has 0 N–H and O–H groups in total. The zero-order valence-electron chi connectivity index (χ0n) is 9.80. The van der Waals surface area contributed by atoms with Crippen LogP contribution in [0.25, 0.3) is 0 Å². The average Bonchev–Trinajstić information content (AvgIpc) is 3.05. The van der Waals surface area contributed by atoms with Gasteiger partial charge in [0, 0.05) is 0 Å². The SMILES string of the molecule is C=C(OCC)[Si](C1CC1)(C1CC1)C1CC1. The van der Waals surface area contributed by atoms with Gasteiger partial charge in [0.05, 0.1) is 12.0 Å². The molecule has 3 fully saturated rings. The second-order valence-electron chi connectivity index (χ2n) is 5.61. The van der Waals surface area contributed by atoms with Gasteiger partial charge in [0.1, 0.15) is 8.07 Å². The molecule has 0 atom stereocenters. The van der Waals surface area contributed by atoms with E-state index in [0.717, 1.165) is 23.2 Å². The van der Waals surface area contributed by atoms with E-state index in [4.69, 9.17) is 4.74 Å². The van der Waals surface area contributed by atoms with Crippen LogP contribution in [0.1, 0.15) is 45.4 Å². The van der Waals surface area contributed by atoms with E-state index in [1.165, 1.54) is 43.9 Å². The second-order valence-corrected chi connectivity index (χ2v) is 10.5. The van der Waals surface area contributed by atoms with Crippen molar-refractivity contribution in [3.8, 4) is 0 Å². The van der Waals surface area contributed by atoms with Crippen LogP contribution >= 0.6 is 0 Å². The first-order chi connectivity index (χ1) is 7.30. The Kier molecular flexibility index (Phi) is 2.24. The van der Waals surface area contributed by atoms with Crippen molar-refractivity contribution in [3.63, 3.8) is 0 Å². The molecule has 0 unspecified atom stereocenters. The van der Waals surface area contributed by atoms with Crippen LogP contribution in [0.2, 0.25) is 16.6 Å². The molecule has 0 aromatic rings. The Morgan fingerprint density at radius 2 is 1.47 bits per heavy atom. The molecule has 0 spiro atoms. The molecule has 3 rings (SSSR count). The third kappa shape index (κ3) is 1.49. The molecule has 15 heavy (non-hydrogen) atoms. The highest BCUT2D eigenvalue weighted by Crippen LogP contribution is 2.70. The molecule has 0 bridgehead atoms. The van der Waals surface area contributed by atoms with Crippen LogP contribution in [0.5, 0.6) is 0 Å². The summed E-state index contributed by atoms with van der Waals surface area (Å²) in [7, 11) is -1.24. The third-order valence-electron chi connectivity index (χ3n) is 4.56. The van der Waals surface area contributed by atoms with E-state index in [1.807, 2.05) is 0 Å². The van der Waals surface area contributed by atoms with E-state index in [1.54, 1.807) is 0 Å². The van der Waals surface area contributed by atoms with Crippen LogP contribution in [0.3, 0.4) is 0 Å². The highest BCUT2D eigenvalue weighted by Gasteiger charge is 2.65.